The standard InChI is InChI=1S/C13H17ClN2O/c1-2-13-15-11-5-3-4-6-12(11)16(13)8-10-17-9-7-14/h3-6H,2,7-10H2,1H3. The summed E-state index contributed by atoms with van der Waals surface area (Å²) in [6.07, 6.45) is 0.935. The minimum absolute atomic E-state index is 0.547. The first kappa shape index (κ1) is 12.4. The molecule has 1 aromatic carbocycles. The van der Waals surface area contributed by atoms with Crippen LogP contribution in [0, 0.1) is 0 Å². The van der Waals surface area contributed by atoms with Gasteiger partial charge in [0.15, 0.2) is 0 Å². The van der Waals surface area contributed by atoms with Crippen molar-refractivity contribution in [2.45, 2.75) is 19.9 Å². The van der Waals surface area contributed by atoms with E-state index in [0.717, 1.165) is 24.3 Å². The number of ether oxygens (including phenoxy) is 1. The van der Waals surface area contributed by atoms with E-state index in [1.807, 2.05) is 18.2 Å². The Morgan fingerprint density at radius 3 is 2.88 bits per heavy atom. The highest BCUT2D eigenvalue weighted by atomic mass is 35.5. The molecule has 0 bridgehead atoms. The molecule has 0 aliphatic carbocycles. The molecule has 2 rings (SSSR count). The summed E-state index contributed by atoms with van der Waals surface area (Å²) in [7, 11) is 0. The van der Waals surface area contributed by atoms with Crippen molar-refractivity contribution in [3.63, 3.8) is 0 Å². The molecule has 2 aromatic rings. The molecule has 0 unspecified atom stereocenters. The fourth-order valence-corrected chi connectivity index (χ4v) is 2.07. The van der Waals surface area contributed by atoms with Gasteiger partial charge in [0.05, 0.1) is 24.2 Å². The number of alkyl halides is 1. The summed E-state index contributed by atoms with van der Waals surface area (Å²) in [5, 5.41) is 0. The van der Waals surface area contributed by atoms with Gasteiger partial charge in [0.2, 0.25) is 0 Å². The van der Waals surface area contributed by atoms with Crippen molar-refractivity contribution in [2.75, 3.05) is 19.1 Å². The van der Waals surface area contributed by atoms with Crippen LogP contribution in [0.4, 0.5) is 0 Å². The molecule has 0 amide bonds. The maximum Gasteiger partial charge on any atom is 0.109 e. The minimum Gasteiger partial charge on any atom is -0.378 e. The van der Waals surface area contributed by atoms with E-state index in [1.54, 1.807) is 0 Å². The van der Waals surface area contributed by atoms with Crippen molar-refractivity contribution in [1.82, 2.24) is 9.55 Å². The summed E-state index contributed by atoms with van der Waals surface area (Å²) in [6, 6.07) is 8.20. The van der Waals surface area contributed by atoms with Gasteiger partial charge in [0, 0.05) is 18.8 Å². The maximum absolute atomic E-state index is 5.57. The van der Waals surface area contributed by atoms with Crippen molar-refractivity contribution in [3.05, 3.63) is 30.1 Å². The predicted octanol–water partition coefficient (Wildman–Crippen LogP) is 2.85. The van der Waals surface area contributed by atoms with Crippen LogP contribution in [0.25, 0.3) is 11.0 Å². The van der Waals surface area contributed by atoms with Crippen LogP contribution in [0.5, 0.6) is 0 Å². The van der Waals surface area contributed by atoms with E-state index in [4.69, 9.17) is 16.3 Å². The number of benzene rings is 1. The molecule has 0 N–H and O–H groups in total. The first-order valence-corrected chi connectivity index (χ1v) is 6.48. The third-order valence-electron chi connectivity index (χ3n) is 2.73. The predicted molar refractivity (Wildman–Crippen MR) is 70.7 cm³/mol. The minimum atomic E-state index is 0.547. The van der Waals surface area contributed by atoms with Gasteiger partial charge in [-0.15, -0.1) is 11.6 Å². The molecule has 3 nitrogen and oxygen atoms in total. The van der Waals surface area contributed by atoms with E-state index in [0.29, 0.717) is 19.1 Å². The average molecular weight is 253 g/mol. The molecular formula is C13H17ClN2O. The van der Waals surface area contributed by atoms with E-state index in [1.165, 1.54) is 5.52 Å². The summed E-state index contributed by atoms with van der Waals surface area (Å²) in [5.74, 6) is 1.66. The number of hydrogen-bond acceptors (Lipinski definition) is 2. The Morgan fingerprint density at radius 1 is 1.29 bits per heavy atom. The fourth-order valence-electron chi connectivity index (χ4n) is 1.96. The number of rotatable bonds is 6. The molecule has 4 heteroatoms. The third-order valence-corrected chi connectivity index (χ3v) is 2.88. The maximum atomic E-state index is 5.57. The zero-order chi connectivity index (χ0) is 12.1. The summed E-state index contributed by atoms with van der Waals surface area (Å²) < 4.78 is 7.65. The zero-order valence-corrected chi connectivity index (χ0v) is 10.8. The smallest absolute Gasteiger partial charge is 0.109 e. The molecule has 0 fully saturated rings. The Hall–Kier alpha value is -1.06. The van der Waals surface area contributed by atoms with Crippen molar-refractivity contribution < 1.29 is 4.74 Å². The van der Waals surface area contributed by atoms with Gasteiger partial charge in [0.1, 0.15) is 5.82 Å². The molecule has 0 saturated heterocycles. The van der Waals surface area contributed by atoms with Crippen LogP contribution in [-0.4, -0.2) is 28.6 Å². The van der Waals surface area contributed by atoms with E-state index in [-0.39, 0.29) is 0 Å². The third kappa shape index (κ3) is 2.79. The topological polar surface area (TPSA) is 27.1 Å². The molecule has 92 valence electrons. The number of aromatic nitrogens is 2. The summed E-state index contributed by atoms with van der Waals surface area (Å²) >= 11 is 5.57. The monoisotopic (exact) mass is 252 g/mol. The first-order chi connectivity index (χ1) is 8.36. The van der Waals surface area contributed by atoms with Crippen LogP contribution in [0.2, 0.25) is 0 Å². The SMILES string of the molecule is CCc1nc2ccccc2n1CCOCCCl. The molecule has 17 heavy (non-hydrogen) atoms. The Bertz CT molecular complexity index is 481. The first-order valence-electron chi connectivity index (χ1n) is 5.94. The summed E-state index contributed by atoms with van der Waals surface area (Å²) in [6.45, 7) is 4.24. The quantitative estimate of drug-likeness (QED) is 0.584. The molecular weight excluding hydrogens is 236 g/mol. The van der Waals surface area contributed by atoms with Gasteiger partial charge in [-0.05, 0) is 12.1 Å². The molecule has 1 heterocycles. The lowest BCUT2D eigenvalue weighted by Gasteiger charge is -2.08. The fraction of sp³-hybridized carbons (Fsp3) is 0.462. The number of nitrogens with zero attached hydrogens (tertiary/aromatic N) is 2. The van der Waals surface area contributed by atoms with Crippen molar-refractivity contribution in [1.29, 1.82) is 0 Å². The van der Waals surface area contributed by atoms with Crippen molar-refractivity contribution in [2.24, 2.45) is 0 Å². The highest BCUT2D eigenvalue weighted by Gasteiger charge is 2.07. The summed E-state index contributed by atoms with van der Waals surface area (Å²) in [4.78, 5) is 4.61. The molecule has 0 spiro atoms. The van der Waals surface area contributed by atoms with Crippen LogP contribution in [0.3, 0.4) is 0 Å². The number of fused-ring (bicyclic) bond motifs is 1. The van der Waals surface area contributed by atoms with Gasteiger partial charge in [-0.2, -0.15) is 0 Å². The Morgan fingerprint density at radius 2 is 2.12 bits per heavy atom. The van der Waals surface area contributed by atoms with Crippen LogP contribution in [0.1, 0.15) is 12.7 Å². The second kappa shape index (κ2) is 6.03. The average Bonchev–Trinajstić information content (AvgIpc) is 2.73. The molecule has 0 aliphatic rings. The number of halogens is 1. The summed E-state index contributed by atoms with van der Waals surface area (Å²) in [5.41, 5.74) is 2.24. The van der Waals surface area contributed by atoms with Gasteiger partial charge < -0.3 is 9.30 Å². The van der Waals surface area contributed by atoms with Gasteiger partial charge >= 0.3 is 0 Å². The lowest BCUT2D eigenvalue weighted by molar-refractivity contribution is 0.141. The van der Waals surface area contributed by atoms with Gasteiger partial charge in [-0.1, -0.05) is 19.1 Å². The second-order valence-corrected chi connectivity index (χ2v) is 4.20. The second-order valence-electron chi connectivity index (χ2n) is 3.82. The highest BCUT2D eigenvalue weighted by molar-refractivity contribution is 6.17. The van der Waals surface area contributed by atoms with Gasteiger partial charge in [-0.25, -0.2) is 4.98 Å². The van der Waals surface area contributed by atoms with Gasteiger partial charge in [0.25, 0.3) is 0 Å². The Labute approximate surface area is 106 Å². The van der Waals surface area contributed by atoms with Crippen LogP contribution < -0.4 is 0 Å². The normalized spacial score (nSPS) is 11.2. The van der Waals surface area contributed by atoms with Crippen molar-refractivity contribution in [3.8, 4) is 0 Å². The molecule has 0 radical (unpaired) electrons. The number of hydrogen-bond donors (Lipinski definition) is 0. The molecule has 0 saturated carbocycles. The number of para-hydroxylation sites is 2. The van der Waals surface area contributed by atoms with Crippen LogP contribution >= 0.6 is 11.6 Å². The largest absolute Gasteiger partial charge is 0.378 e. The van der Waals surface area contributed by atoms with E-state index in [2.05, 4.69) is 22.5 Å². The Balaban J connectivity index is 2.18. The lowest BCUT2D eigenvalue weighted by Crippen LogP contribution is -2.10. The van der Waals surface area contributed by atoms with Crippen molar-refractivity contribution >= 4 is 22.6 Å². The zero-order valence-electron chi connectivity index (χ0n) is 10.0. The highest BCUT2D eigenvalue weighted by Crippen LogP contribution is 2.16. The molecule has 1 aromatic heterocycles. The van der Waals surface area contributed by atoms with Crippen LogP contribution in [0.15, 0.2) is 24.3 Å². The van der Waals surface area contributed by atoms with Gasteiger partial charge in [-0.3, -0.25) is 0 Å². The van der Waals surface area contributed by atoms with Crippen LogP contribution in [-0.2, 0) is 17.7 Å². The molecule has 0 atom stereocenters. The van der Waals surface area contributed by atoms with E-state index < -0.39 is 0 Å². The molecule has 0 aliphatic heterocycles. The Kier molecular flexibility index (Phi) is 4.40. The number of imidazole rings is 1. The lowest BCUT2D eigenvalue weighted by atomic mass is 10.3. The number of aryl methyl sites for hydroxylation is 1. The van der Waals surface area contributed by atoms with E-state index in [9.17, 15) is 0 Å². The van der Waals surface area contributed by atoms with E-state index >= 15 is 0 Å².